The Morgan fingerprint density at radius 3 is 2.56 bits per heavy atom. The summed E-state index contributed by atoms with van der Waals surface area (Å²) >= 11 is 0. The Balaban J connectivity index is 2.25. The van der Waals surface area contributed by atoms with Gasteiger partial charge in [-0.1, -0.05) is 0 Å². The standard InChI is InChI=1S/C11H15FN2O4/c1-6-2-14(10(18)13-9(6)17)3-7-8(12)11(7,4-15)5-16/h2,7-8,15-16H,3-5H2,1H3,(H,13,17,18)/t7-,8-/m0/s1. The van der Waals surface area contributed by atoms with Crippen LogP contribution >= 0.6 is 0 Å². The van der Waals surface area contributed by atoms with E-state index < -0.39 is 42.0 Å². The fraction of sp³-hybridized carbons (Fsp3) is 0.636. The molecule has 100 valence electrons. The fourth-order valence-corrected chi connectivity index (χ4v) is 2.22. The first kappa shape index (κ1) is 13.0. The van der Waals surface area contributed by atoms with Crippen molar-refractivity contribution in [2.45, 2.75) is 19.6 Å². The quantitative estimate of drug-likeness (QED) is 0.631. The van der Waals surface area contributed by atoms with Gasteiger partial charge in [-0.2, -0.15) is 0 Å². The van der Waals surface area contributed by atoms with Crippen LogP contribution in [-0.2, 0) is 6.54 Å². The zero-order valence-electron chi connectivity index (χ0n) is 9.89. The van der Waals surface area contributed by atoms with Gasteiger partial charge in [0.25, 0.3) is 5.56 Å². The van der Waals surface area contributed by atoms with E-state index in [1.165, 1.54) is 10.8 Å². The van der Waals surface area contributed by atoms with Gasteiger partial charge in [0.2, 0.25) is 0 Å². The Hall–Kier alpha value is -1.47. The van der Waals surface area contributed by atoms with Crippen molar-refractivity contribution in [1.29, 1.82) is 0 Å². The maximum Gasteiger partial charge on any atom is 0.328 e. The minimum Gasteiger partial charge on any atom is -0.396 e. The van der Waals surface area contributed by atoms with Crippen molar-refractivity contribution in [2.75, 3.05) is 13.2 Å². The van der Waals surface area contributed by atoms with Gasteiger partial charge in [-0.3, -0.25) is 14.3 Å². The Labute approximate surface area is 102 Å². The Kier molecular flexibility index (Phi) is 3.12. The zero-order valence-corrected chi connectivity index (χ0v) is 9.89. The summed E-state index contributed by atoms with van der Waals surface area (Å²) in [6, 6.07) is 0. The lowest BCUT2D eigenvalue weighted by Crippen LogP contribution is -2.32. The first-order valence-electron chi connectivity index (χ1n) is 5.62. The second kappa shape index (κ2) is 4.33. The third kappa shape index (κ3) is 1.79. The number of hydrogen-bond acceptors (Lipinski definition) is 4. The van der Waals surface area contributed by atoms with Gasteiger partial charge in [-0.25, -0.2) is 9.18 Å². The molecule has 0 aliphatic heterocycles. The molecule has 1 aromatic rings. The number of rotatable bonds is 4. The highest BCUT2D eigenvalue weighted by molar-refractivity contribution is 5.12. The van der Waals surface area contributed by atoms with Crippen LogP contribution in [-0.4, -0.2) is 39.1 Å². The van der Waals surface area contributed by atoms with Gasteiger partial charge in [0.05, 0.1) is 18.6 Å². The van der Waals surface area contributed by atoms with E-state index >= 15 is 0 Å². The maximum absolute atomic E-state index is 13.6. The molecule has 2 rings (SSSR count). The number of aromatic nitrogens is 2. The summed E-state index contributed by atoms with van der Waals surface area (Å²) in [5.74, 6) is -0.615. The molecule has 0 aromatic carbocycles. The number of aryl methyl sites for hydroxylation is 1. The van der Waals surface area contributed by atoms with E-state index in [0.29, 0.717) is 5.56 Å². The van der Waals surface area contributed by atoms with Crippen LogP contribution in [0.5, 0.6) is 0 Å². The van der Waals surface area contributed by atoms with E-state index in [2.05, 4.69) is 4.98 Å². The molecule has 0 amide bonds. The average molecular weight is 258 g/mol. The van der Waals surface area contributed by atoms with Crippen LogP contribution in [0.3, 0.4) is 0 Å². The average Bonchev–Trinajstić information content (AvgIpc) is 2.91. The predicted octanol–water partition coefficient (Wildman–Crippen LogP) is -1.22. The van der Waals surface area contributed by atoms with E-state index in [0.717, 1.165) is 0 Å². The Morgan fingerprint density at radius 1 is 1.44 bits per heavy atom. The van der Waals surface area contributed by atoms with Crippen LogP contribution in [0, 0.1) is 18.3 Å². The van der Waals surface area contributed by atoms with Crippen LogP contribution in [0.4, 0.5) is 4.39 Å². The predicted molar refractivity (Wildman–Crippen MR) is 61.1 cm³/mol. The number of hydrogen-bond donors (Lipinski definition) is 3. The van der Waals surface area contributed by atoms with Crippen molar-refractivity contribution in [1.82, 2.24) is 9.55 Å². The number of nitrogens with zero attached hydrogens (tertiary/aromatic N) is 1. The molecule has 6 nitrogen and oxygen atoms in total. The van der Waals surface area contributed by atoms with E-state index in [4.69, 9.17) is 10.2 Å². The van der Waals surface area contributed by atoms with Crippen LogP contribution in [0.2, 0.25) is 0 Å². The summed E-state index contributed by atoms with van der Waals surface area (Å²) < 4.78 is 14.8. The Bertz CT molecular complexity index is 561. The maximum atomic E-state index is 13.6. The molecule has 0 bridgehead atoms. The van der Waals surface area contributed by atoms with Crippen molar-refractivity contribution >= 4 is 0 Å². The second-order valence-corrected chi connectivity index (χ2v) is 4.78. The summed E-state index contributed by atoms with van der Waals surface area (Å²) in [5.41, 5.74) is -1.90. The van der Waals surface area contributed by atoms with Crippen LogP contribution in [0.15, 0.2) is 15.8 Å². The normalized spacial score (nSPS) is 25.1. The smallest absolute Gasteiger partial charge is 0.328 e. The van der Waals surface area contributed by atoms with Gasteiger partial charge in [-0.05, 0) is 6.92 Å². The molecule has 0 saturated heterocycles. The summed E-state index contributed by atoms with van der Waals surface area (Å²) in [4.78, 5) is 24.8. The van der Waals surface area contributed by atoms with Gasteiger partial charge < -0.3 is 10.2 Å². The molecule has 0 spiro atoms. The highest BCUT2D eigenvalue weighted by Gasteiger charge is 2.65. The zero-order chi connectivity index (χ0) is 13.5. The monoisotopic (exact) mass is 258 g/mol. The number of aliphatic hydroxyl groups excluding tert-OH is 2. The van der Waals surface area contributed by atoms with Gasteiger partial charge in [0, 0.05) is 24.2 Å². The molecule has 7 heteroatoms. The number of nitrogens with one attached hydrogen (secondary N) is 1. The number of alkyl halides is 1. The third-order valence-electron chi connectivity index (χ3n) is 3.70. The molecule has 0 radical (unpaired) electrons. The molecule has 1 saturated carbocycles. The van der Waals surface area contributed by atoms with Gasteiger partial charge in [0.15, 0.2) is 0 Å². The summed E-state index contributed by atoms with van der Waals surface area (Å²) in [6.07, 6.45) is 0.0118. The van der Waals surface area contributed by atoms with Gasteiger partial charge in [-0.15, -0.1) is 0 Å². The molecule has 1 fully saturated rings. The van der Waals surface area contributed by atoms with Gasteiger partial charge in [0.1, 0.15) is 6.17 Å². The van der Waals surface area contributed by atoms with E-state index in [-0.39, 0.29) is 6.54 Å². The van der Waals surface area contributed by atoms with Gasteiger partial charge >= 0.3 is 5.69 Å². The molecular weight excluding hydrogens is 243 g/mol. The van der Waals surface area contributed by atoms with Crippen molar-refractivity contribution in [3.63, 3.8) is 0 Å². The van der Waals surface area contributed by atoms with E-state index in [9.17, 15) is 14.0 Å². The molecular formula is C11H15FN2O4. The fourth-order valence-electron chi connectivity index (χ4n) is 2.22. The highest BCUT2D eigenvalue weighted by Crippen LogP contribution is 2.55. The summed E-state index contributed by atoms with van der Waals surface area (Å²) in [7, 11) is 0. The van der Waals surface area contributed by atoms with Crippen molar-refractivity contribution in [3.8, 4) is 0 Å². The Morgan fingerprint density at radius 2 is 2.06 bits per heavy atom. The molecule has 0 unspecified atom stereocenters. The first-order valence-corrected chi connectivity index (χ1v) is 5.62. The number of H-pyrrole nitrogens is 1. The lowest BCUT2D eigenvalue weighted by molar-refractivity contribution is 0.105. The minimum atomic E-state index is -1.34. The number of halogens is 1. The SMILES string of the molecule is Cc1cn(C[C@H]2[C@H](F)C2(CO)CO)c(=O)[nH]c1=O. The second-order valence-electron chi connectivity index (χ2n) is 4.78. The summed E-state index contributed by atoms with van der Waals surface area (Å²) in [5, 5.41) is 18.2. The lowest BCUT2D eigenvalue weighted by Gasteiger charge is -2.10. The largest absolute Gasteiger partial charge is 0.396 e. The van der Waals surface area contributed by atoms with Crippen LogP contribution in [0.1, 0.15) is 5.56 Å². The third-order valence-corrected chi connectivity index (χ3v) is 3.70. The van der Waals surface area contributed by atoms with Crippen molar-refractivity contribution < 1.29 is 14.6 Å². The van der Waals surface area contributed by atoms with Crippen molar-refractivity contribution in [3.05, 3.63) is 32.6 Å². The molecule has 1 aliphatic carbocycles. The van der Waals surface area contributed by atoms with Crippen LogP contribution < -0.4 is 11.2 Å². The lowest BCUT2D eigenvalue weighted by atomic mass is 10.1. The molecule has 3 N–H and O–H groups in total. The molecule has 1 heterocycles. The van der Waals surface area contributed by atoms with Crippen LogP contribution in [0.25, 0.3) is 0 Å². The highest BCUT2D eigenvalue weighted by atomic mass is 19.1. The number of aliphatic hydroxyl groups is 2. The topological polar surface area (TPSA) is 95.3 Å². The molecule has 18 heavy (non-hydrogen) atoms. The summed E-state index contributed by atoms with van der Waals surface area (Å²) in [6.45, 7) is 0.636. The van der Waals surface area contributed by atoms with E-state index in [1.54, 1.807) is 6.92 Å². The van der Waals surface area contributed by atoms with E-state index in [1.807, 2.05) is 0 Å². The molecule has 1 aromatic heterocycles. The minimum absolute atomic E-state index is 0.0265. The first-order chi connectivity index (χ1) is 8.46. The van der Waals surface area contributed by atoms with Crippen molar-refractivity contribution in [2.24, 2.45) is 11.3 Å². The number of aromatic amines is 1. The molecule has 1 aliphatic rings. The molecule has 2 atom stereocenters.